The van der Waals surface area contributed by atoms with E-state index in [1.807, 2.05) is 4.90 Å². The van der Waals surface area contributed by atoms with Gasteiger partial charge in [-0.1, -0.05) is 0 Å². The van der Waals surface area contributed by atoms with Crippen LogP contribution in [0.3, 0.4) is 0 Å². The molecule has 0 radical (unpaired) electrons. The van der Waals surface area contributed by atoms with Crippen LogP contribution in [0.5, 0.6) is 0 Å². The number of nitrogens with one attached hydrogen (secondary N) is 1. The fourth-order valence-corrected chi connectivity index (χ4v) is 2.64. The first-order chi connectivity index (χ1) is 12.0. The Hall–Kier alpha value is -2.77. The lowest BCUT2D eigenvalue weighted by Gasteiger charge is -2.36. The molecule has 1 N–H and O–H groups in total. The molecule has 1 fully saturated rings. The van der Waals surface area contributed by atoms with Crippen molar-refractivity contribution < 1.29 is 22.4 Å². The third-order valence-corrected chi connectivity index (χ3v) is 4.04. The first-order valence-electron chi connectivity index (χ1n) is 7.65. The molecule has 3 rings (SSSR count). The molecule has 0 spiro atoms. The maximum atomic E-state index is 13.6. The molecule has 0 bridgehead atoms. The number of urea groups is 1. The molecular weight excluding hydrogens is 338 g/mol. The summed E-state index contributed by atoms with van der Waals surface area (Å²) in [7, 11) is 0. The second-order valence-electron chi connectivity index (χ2n) is 5.60. The van der Waals surface area contributed by atoms with Crippen molar-refractivity contribution in [3.63, 3.8) is 0 Å². The van der Waals surface area contributed by atoms with Crippen molar-refractivity contribution in [1.82, 2.24) is 4.90 Å². The highest BCUT2D eigenvalue weighted by atomic mass is 19.2. The SMILES string of the molecule is O=C(Nc1ccc(F)c(F)c1F)N1CCN(c2ccc(F)cc2)CC1. The maximum absolute atomic E-state index is 13.6. The zero-order valence-electron chi connectivity index (χ0n) is 13.1. The number of benzene rings is 2. The highest BCUT2D eigenvalue weighted by Crippen LogP contribution is 2.21. The van der Waals surface area contributed by atoms with E-state index >= 15 is 0 Å². The lowest BCUT2D eigenvalue weighted by atomic mass is 10.2. The van der Waals surface area contributed by atoms with E-state index in [2.05, 4.69) is 5.32 Å². The zero-order valence-corrected chi connectivity index (χ0v) is 13.1. The van der Waals surface area contributed by atoms with Crippen molar-refractivity contribution in [3.05, 3.63) is 59.7 Å². The Kier molecular flexibility index (Phi) is 4.78. The first kappa shape index (κ1) is 17.1. The van der Waals surface area contributed by atoms with Gasteiger partial charge >= 0.3 is 6.03 Å². The number of halogens is 4. The molecule has 2 amide bonds. The van der Waals surface area contributed by atoms with Gasteiger partial charge in [0.05, 0.1) is 5.69 Å². The lowest BCUT2D eigenvalue weighted by molar-refractivity contribution is 0.208. The second-order valence-corrected chi connectivity index (χ2v) is 5.60. The Morgan fingerprint density at radius 1 is 0.840 bits per heavy atom. The van der Waals surface area contributed by atoms with Crippen LogP contribution in [0.1, 0.15) is 0 Å². The molecular formula is C17H15F4N3O. The number of nitrogens with zero attached hydrogens (tertiary/aromatic N) is 2. The summed E-state index contributed by atoms with van der Waals surface area (Å²) >= 11 is 0. The minimum Gasteiger partial charge on any atom is -0.368 e. The van der Waals surface area contributed by atoms with Crippen LogP contribution in [-0.2, 0) is 0 Å². The first-order valence-corrected chi connectivity index (χ1v) is 7.65. The van der Waals surface area contributed by atoms with Crippen LogP contribution in [-0.4, -0.2) is 37.1 Å². The van der Waals surface area contributed by atoms with Gasteiger partial charge in [0.15, 0.2) is 17.5 Å². The van der Waals surface area contributed by atoms with Crippen molar-refractivity contribution in [2.75, 3.05) is 36.4 Å². The quantitative estimate of drug-likeness (QED) is 0.662. The van der Waals surface area contributed by atoms with Gasteiger partial charge in [0.2, 0.25) is 0 Å². The summed E-state index contributed by atoms with van der Waals surface area (Å²) in [4.78, 5) is 15.6. The average molecular weight is 353 g/mol. The topological polar surface area (TPSA) is 35.6 Å². The van der Waals surface area contributed by atoms with Gasteiger partial charge in [-0.25, -0.2) is 22.4 Å². The molecule has 0 saturated carbocycles. The predicted molar refractivity (Wildman–Crippen MR) is 85.5 cm³/mol. The van der Waals surface area contributed by atoms with Crippen LogP contribution < -0.4 is 10.2 Å². The van der Waals surface area contributed by atoms with E-state index in [1.54, 1.807) is 12.1 Å². The third kappa shape index (κ3) is 3.67. The normalized spacial score (nSPS) is 14.6. The number of amides is 2. The number of anilines is 2. The number of piperazine rings is 1. The molecule has 2 aromatic carbocycles. The van der Waals surface area contributed by atoms with E-state index in [4.69, 9.17) is 0 Å². The molecule has 0 aliphatic carbocycles. The van der Waals surface area contributed by atoms with Gasteiger partial charge in [-0.3, -0.25) is 0 Å². The Bertz CT molecular complexity index is 774. The van der Waals surface area contributed by atoms with Crippen LogP contribution in [0.2, 0.25) is 0 Å². The Labute approximate surface area is 141 Å². The largest absolute Gasteiger partial charge is 0.368 e. The highest BCUT2D eigenvalue weighted by Gasteiger charge is 2.23. The molecule has 4 nitrogen and oxygen atoms in total. The van der Waals surface area contributed by atoms with E-state index < -0.39 is 29.2 Å². The Morgan fingerprint density at radius 2 is 1.48 bits per heavy atom. The molecule has 2 aromatic rings. The summed E-state index contributed by atoms with van der Waals surface area (Å²) in [6.07, 6.45) is 0. The molecule has 1 aliphatic heterocycles. The van der Waals surface area contributed by atoms with E-state index in [1.165, 1.54) is 17.0 Å². The molecule has 0 aromatic heterocycles. The van der Waals surface area contributed by atoms with E-state index in [-0.39, 0.29) is 5.82 Å². The van der Waals surface area contributed by atoms with Crippen molar-refractivity contribution in [2.24, 2.45) is 0 Å². The van der Waals surface area contributed by atoms with Crippen molar-refractivity contribution in [3.8, 4) is 0 Å². The molecule has 8 heteroatoms. The summed E-state index contributed by atoms with van der Waals surface area (Å²) in [5.41, 5.74) is 0.429. The molecule has 1 heterocycles. The van der Waals surface area contributed by atoms with Crippen LogP contribution in [0, 0.1) is 23.3 Å². The van der Waals surface area contributed by atoms with Crippen molar-refractivity contribution in [1.29, 1.82) is 0 Å². The maximum Gasteiger partial charge on any atom is 0.322 e. The summed E-state index contributed by atoms with van der Waals surface area (Å²) < 4.78 is 52.7. The van der Waals surface area contributed by atoms with E-state index in [0.717, 1.165) is 17.8 Å². The Morgan fingerprint density at radius 3 is 2.12 bits per heavy atom. The molecule has 0 atom stereocenters. The molecule has 132 valence electrons. The van der Waals surface area contributed by atoms with Gasteiger partial charge < -0.3 is 15.1 Å². The zero-order chi connectivity index (χ0) is 18.0. The van der Waals surface area contributed by atoms with Gasteiger partial charge in [0.1, 0.15) is 5.82 Å². The molecule has 25 heavy (non-hydrogen) atoms. The van der Waals surface area contributed by atoms with Crippen LogP contribution >= 0.6 is 0 Å². The number of hydrogen-bond acceptors (Lipinski definition) is 2. The predicted octanol–water partition coefficient (Wildman–Crippen LogP) is 3.60. The summed E-state index contributed by atoms with van der Waals surface area (Å²) in [6.45, 7) is 1.74. The number of carbonyl (C=O) groups is 1. The van der Waals surface area contributed by atoms with Gasteiger partial charge in [0.25, 0.3) is 0 Å². The molecule has 1 saturated heterocycles. The summed E-state index contributed by atoms with van der Waals surface area (Å²) in [5, 5.41) is 2.25. The number of carbonyl (C=O) groups excluding carboxylic acids is 1. The van der Waals surface area contributed by atoms with Crippen molar-refractivity contribution in [2.45, 2.75) is 0 Å². The van der Waals surface area contributed by atoms with Crippen LogP contribution in [0.15, 0.2) is 36.4 Å². The lowest BCUT2D eigenvalue weighted by Crippen LogP contribution is -2.50. The molecule has 1 aliphatic rings. The van der Waals surface area contributed by atoms with Crippen molar-refractivity contribution >= 4 is 17.4 Å². The van der Waals surface area contributed by atoms with Crippen LogP contribution in [0.25, 0.3) is 0 Å². The smallest absolute Gasteiger partial charge is 0.322 e. The monoisotopic (exact) mass is 353 g/mol. The van der Waals surface area contributed by atoms with Gasteiger partial charge in [-0.2, -0.15) is 0 Å². The second kappa shape index (κ2) is 7.00. The fraction of sp³-hybridized carbons (Fsp3) is 0.235. The minimum atomic E-state index is -1.63. The Balaban J connectivity index is 1.60. The number of hydrogen-bond donors (Lipinski definition) is 1. The van der Waals surface area contributed by atoms with Gasteiger partial charge in [-0.05, 0) is 36.4 Å². The highest BCUT2D eigenvalue weighted by molar-refractivity contribution is 5.89. The van der Waals surface area contributed by atoms with Gasteiger partial charge in [-0.15, -0.1) is 0 Å². The summed E-state index contributed by atoms with van der Waals surface area (Å²) in [5.74, 6) is -4.70. The van der Waals surface area contributed by atoms with E-state index in [9.17, 15) is 22.4 Å². The average Bonchev–Trinajstić information content (AvgIpc) is 2.63. The van der Waals surface area contributed by atoms with Crippen LogP contribution in [0.4, 0.5) is 33.7 Å². The fourth-order valence-electron chi connectivity index (χ4n) is 2.64. The van der Waals surface area contributed by atoms with Gasteiger partial charge in [0, 0.05) is 31.9 Å². The van der Waals surface area contributed by atoms with E-state index in [0.29, 0.717) is 26.2 Å². The number of rotatable bonds is 2. The minimum absolute atomic E-state index is 0.324. The molecule has 0 unspecified atom stereocenters. The summed E-state index contributed by atoms with van der Waals surface area (Å²) in [6, 6.07) is 7.16. The third-order valence-electron chi connectivity index (χ3n) is 4.04. The standard InChI is InChI=1S/C17H15F4N3O/c18-11-1-3-12(4-2-11)23-7-9-24(10-8-23)17(25)22-14-6-5-13(19)15(20)16(14)21/h1-6H,7-10H2,(H,22,25).